The van der Waals surface area contributed by atoms with Crippen molar-refractivity contribution in [3.05, 3.63) is 63.3 Å². The number of anilines is 1. The molecule has 5 rings (SSSR count). The van der Waals surface area contributed by atoms with Crippen molar-refractivity contribution in [3.8, 4) is 0 Å². The van der Waals surface area contributed by atoms with Crippen LogP contribution in [0.25, 0.3) is 10.9 Å². The summed E-state index contributed by atoms with van der Waals surface area (Å²) in [5.41, 5.74) is 4.65. The van der Waals surface area contributed by atoms with Crippen LogP contribution in [0.5, 0.6) is 0 Å². The average molecular weight is 460 g/mol. The largest absolute Gasteiger partial charge is 0.354 e. The zero-order valence-corrected chi connectivity index (χ0v) is 20.7. The van der Waals surface area contributed by atoms with E-state index in [-0.39, 0.29) is 5.56 Å². The first kappa shape index (κ1) is 23.0. The summed E-state index contributed by atoms with van der Waals surface area (Å²) in [6.07, 6.45) is 7.28. The number of piperazine rings is 1. The number of rotatable bonds is 7. The molecule has 180 valence electrons. The topological polar surface area (TPSA) is 54.3 Å². The van der Waals surface area contributed by atoms with E-state index in [1.54, 1.807) is 0 Å². The van der Waals surface area contributed by atoms with Gasteiger partial charge in [0.1, 0.15) is 11.6 Å². The number of hydrogen-bond acceptors (Lipinski definition) is 5. The minimum atomic E-state index is 0.218. The molecular formula is C28H37N5O. The molecule has 0 atom stereocenters. The lowest BCUT2D eigenvalue weighted by Gasteiger charge is -2.35. The fraction of sp³-hybridized carbons (Fsp3) is 0.536. The second kappa shape index (κ2) is 10.3. The van der Waals surface area contributed by atoms with Gasteiger partial charge in [-0.2, -0.15) is 0 Å². The van der Waals surface area contributed by atoms with Crippen molar-refractivity contribution in [2.24, 2.45) is 0 Å². The molecule has 0 saturated carbocycles. The van der Waals surface area contributed by atoms with Gasteiger partial charge in [-0.1, -0.05) is 18.2 Å². The minimum absolute atomic E-state index is 0.218. The van der Waals surface area contributed by atoms with E-state index in [1.807, 2.05) is 4.57 Å². The Morgan fingerprint density at radius 1 is 0.971 bits per heavy atom. The van der Waals surface area contributed by atoms with Crippen LogP contribution in [0.1, 0.15) is 55.3 Å². The molecule has 1 aliphatic heterocycles. The van der Waals surface area contributed by atoms with Crippen LogP contribution in [0.2, 0.25) is 0 Å². The van der Waals surface area contributed by atoms with Crippen LogP contribution in [0.4, 0.5) is 5.82 Å². The fourth-order valence-electron chi connectivity index (χ4n) is 5.57. The van der Waals surface area contributed by atoms with Crippen LogP contribution in [0.15, 0.2) is 35.1 Å². The summed E-state index contributed by atoms with van der Waals surface area (Å²) in [4.78, 5) is 27.7. The van der Waals surface area contributed by atoms with E-state index in [0.29, 0.717) is 0 Å². The molecule has 6 nitrogen and oxygen atoms in total. The Hall–Kier alpha value is -2.73. The minimum Gasteiger partial charge on any atom is -0.354 e. The maximum Gasteiger partial charge on any atom is 0.256 e. The normalized spacial score (nSPS) is 16.7. The maximum atomic E-state index is 12.9. The Kier molecular flexibility index (Phi) is 6.95. The highest BCUT2D eigenvalue weighted by Gasteiger charge is 2.20. The van der Waals surface area contributed by atoms with Gasteiger partial charge in [0.2, 0.25) is 0 Å². The number of hydrogen-bond donors (Lipinski definition) is 0. The Labute approximate surface area is 202 Å². The number of aromatic nitrogens is 3. The third-order valence-corrected chi connectivity index (χ3v) is 7.56. The van der Waals surface area contributed by atoms with Gasteiger partial charge in [0.05, 0.1) is 11.2 Å². The van der Waals surface area contributed by atoms with Gasteiger partial charge in [0.25, 0.3) is 5.56 Å². The summed E-state index contributed by atoms with van der Waals surface area (Å²) in [6, 6.07) is 10.6. The number of unbranched alkanes of at least 4 members (excludes halogenated alkanes) is 1. The molecule has 2 aliphatic rings. The molecule has 1 fully saturated rings. The number of benzene rings is 1. The summed E-state index contributed by atoms with van der Waals surface area (Å²) < 4.78 is 1.92. The van der Waals surface area contributed by atoms with Crippen LogP contribution in [-0.2, 0) is 25.8 Å². The Bertz CT molecular complexity index is 1210. The number of fused-ring (bicyclic) bond motifs is 2. The highest BCUT2D eigenvalue weighted by atomic mass is 16.1. The molecule has 0 spiro atoms. The van der Waals surface area contributed by atoms with Crippen molar-refractivity contribution in [3.63, 3.8) is 0 Å². The molecule has 2 aromatic heterocycles. The van der Waals surface area contributed by atoms with Crippen LogP contribution in [0, 0.1) is 6.92 Å². The first-order valence-electron chi connectivity index (χ1n) is 13.1. The zero-order chi connectivity index (χ0) is 23.5. The van der Waals surface area contributed by atoms with E-state index in [2.05, 4.69) is 54.0 Å². The molecule has 1 saturated heterocycles. The number of aryl methyl sites for hydroxylation is 3. The van der Waals surface area contributed by atoms with Crippen molar-refractivity contribution in [1.82, 2.24) is 19.4 Å². The van der Waals surface area contributed by atoms with E-state index in [0.717, 1.165) is 113 Å². The zero-order valence-electron chi connectivity index (χ0n) is 20.7. The SMILES string of the molecule is CCn1c(CCCCN2CCN(c3cc(C)c4ccccc4n3)CC2)nc2c(c1=O)CCCC2. The van der Waals surface area contributed by atoms with E-state index >= 15 is 0 Å². The van der Waals surface area contributed by atoms with Crippen LogP contribution >= 0.6 is 0 Å². The predicted molar refractivity (Wildman–Crippen MR) is 139 cm³/mol. The maximum absolute atomic E-state index is 12.9. The van der Waals surface area contributed by atoms with Gasteiger partial charge < -0.3 is 4.90 Å². The quantitative estimate of drug-likeness (QED) is 0.497. The van der Waals surface area contributed by atoms with Gasteiger partial charge in [0, 0.05) is 50.1 Å². The van der Waals surface area contributed by atoms with Crippen molar-refractivity contribution in [2.75, 3.05) is 37.6 Å². The Balaban J connectivity index is 1.13. The van der Waals surface area contributed by atoms with Crippen LogP contribution < -0.4 is 10.5 Å². The molecule has 1 aliphatic carbocycles. The monoisotopic (exact) mass is 459 g/mol. The second-order valence-electron chi connectivity index (χ2n) is 9.81. The van der Waals surface area contributed by atoms with Crippen molar-refractivity contribution < 1.29 is 0 Å². The number of pyridine rings is 1. The highest BCUT2D eigenvalue weighted by Crippen LogP contribution is 2.23. The van der Waals surface area contributed by atoms with E-state index in [9.17, 15) is 4.79 Å². The number of para-hydroxylation sites is 1. The van der Waals surface area contributed by atoms with Gasteiger partial charge in [-0.15, -0.1) is 0 Å². The molecule has 6 heteroatoms. The van der Waals surface area contributed by atoms with Gasteiger partial charge in [-0.05, 0) is 76.6 Å². The molecule has 0 bridgehead atoms. The summed E-state index contributed by atoms with van der Waals surface area (Å²) in [5.74, 6) is 2.10. The lowest BCUT2D eigenvalue weighted by atomic mass is 9.97. The Morgan fingerprint density at radius 3 is 2.59 bits per heavy atom. The second-order valence-corrected chi connectivity index (χ2v) is 9.81. The molecule has 3 aromatic rings. The molecular weight excluding hydrogens is 422 g/mol. The summed E-state index contributed by atoms with van der Waals surface area (Å²) >= 11 is 0. The summed E-state index contributed by atoms with van der Waals surface area (Å²) in [5, 5.41) is 1.24. The van der Waals surface area contributed by atoms with Gasteiger partial charge in [-0.25, -0.2) is 9.97 Å². The van der Waals surface area contributed by atoms with E-state index < -0.39 is 0 Å². The predicted octanol–water partition coefficient (Wildman–Crippen LogP) is 4.14. The lowest BCUT2D eigenvalue weighted by molar-refractivity contribution is 0.252. The molecule has 0 radical (unpaired) electrons. The Morgan fingerprint density at radius 2 is 1.76 bits per heavy atom. The highest BCUT2D eigenvalue weighted by molar-refractivity contribution is 5.83. The van der Waals surface area contributed by atoms with Crippen molar-refractivity contribution in [1.29, 1.82) is 0 Å². The molecule has 1 aromatic carbocycles. The molecule has 3 heterocycles. The van der Waals surface area contributed by atoms with Crippen molar-refractivity contribution >= 4 is 16.7 Å². The standard InChI is InChI=1S/C28H37N5O/c1-3-33-26(29-25-13-7-5-11-23(25)28(33)34)14-8-9-15-31-16-18-32(19-17-31)27-20-21(2)22-10-4-6-12-24(22)30-27/h4,6,10,12,20H,3,5,7-9,11,13-19H2,1-2H3. The van der Waals surface area contributed by atoms with Crippen molar-refractivity contribution in [2.45, 2.75) is 65.3 Å². The van der Waals surface area contributed by atoms with E-state index in [4.69, 9.17) is 9.97 Å². The van der Waals surface area contributed by atoms with Gasteiger partial charge in [-0.3, -0.25) is 14.3 Å². The third-order valence-electron chi connectivity index (χ3n) is 7.56. The molecule has 34 heavy (non-hydrogen) atoms. The smallest absolute Gasteiger partial charge is 0.256 e. The third kappa shape index (κ3) is 4.74. The van der Waals surface area contributed by atoms with Gasteiger partial charge in [0.15, 0.2) is 0 Å². The molecule has 0 amide bonds. The van der Waals surface area contributed by atoms with Crippen LogP contribution in [-0.4, -0.2) is 52.2 Å². The molecule has 0 N–H and O–H groups in total. The fourth-order valence-corrected chi connectivity index (χ4v) is 5.57. The first-order valence-corrected chi connectivity index (χ1v) is 13.1. The molecule has 0 unspecified atom stereocenters. The van der Waals surface area contributed by atoms with E-state index in [1.165, 1.54) is 10.9 Å². The number of nitrogens with zero attached hydrogens (tertiary/aromatic N) is 5. The lowest BCUT2D eigenvalue weighted by Crippen LogP contribution is -2.47. The summed E-state index contributed by atoms with van der Waals surface area (Å²) in [6.45, 7) is 10.3. The van der Waals surface area contributed by atoms with Crippen LogP contribution in [0.3, 0.4) is 0 Å². The summed E-state index contributed by atoms with van der Waals surface area (Å²) in [7, 11) is 0. The first-order chi connectivity index (χ1) is 16.6. The van der Waals surface area contributed by atoms with Gasteiger partial charge >= 0.3 is 0 Å². The average Bonchev–Trinajstić information content (AvgIpc) is 2.87.